The van der Waals surface area contributed by atoms with Gasteiger partial charge in [0.05, 0.1) is 6.04 Å². The standard InChI is InChI=1S/C18H27FN2O/c1-13(15-8-10-20-11-9-15)12-18(22)21(3)14(2)16-4-6-17(19)7-5-16/h4-7,13-15,20H,8-12H2,1-3H3. The van der Waals surface area contributed by atoms with E-state index in [0.29, 0.717) is 18.3 Å². The summed E-state index contributed by atoms with van der Waals surface area (Å²) in [5, 5.41) is 3.36. The summed E-state index contributed by atoms with van der Waals surface area (Å²) in [6.45, 7) is 6.29. The van der Waals surface area contributed by atoms with Crippen molar-refractivity contribution in [1.82, 2.24) is 10.2 Å². The second-order valence-corrected chi connectivity index (χ2v) is 6.50. The maximum atomic E-state index is 13.0. The van der Waals surface area contributed by atoms with Crippen molar-refractivity contribution in [2.75, 3.05) is 20.1 Å². The Labute approximate surface area is 132 Å². The molecule has 1 aliphatic heterocycles. The fourth-order valence-corrected chi connectivity index (χ4v) is 3.18. The molecule has 1 aromatic carbocycles. The van der Waals surface area contributed by atoms with Gasteiger partial charge in [-0.2, -0.15) is 0 Å². The highest BCUT2D eigenvalue weighted by Gasteiger charge is 2.25. The van der Waals surface area contributed by atoms with Crippen LogP contribution in [0, 0.1) is 17.7 Å². The van der Waals surface area contributed by atoms with Crippen molar-refractivity contribution >= 4 is 5.91 Å². The molecule has 1 N–H and O–H groups in total. The van der Waals surface area contributed by atoms with Crippen molar-refractivity contribution < 1.29 is 9.18 Å². The van der Waals surface area contributed by atoms with Crippen LogP contribution in [-0.4, -0.2) is 30.9 Å². The topological polar surface area (TPSA) is 32.3 Å². The predicted octanol–water partition coefficient (Wildman–Crippen LogP) is 3.37. The molecule has 2 rings (SSSR count). The lowest BCUT2D eigenvalue weighted by Gasteiger charge is -2.31. The van der Waals surface area contributed by atoms with Crippen molar-refractivity contribution in [1.29, 1.82) is 0 Å². The average Bonchev–Trinajstić information content (AvgIpc) is 2.55. The first kappa shape index (κ1) is 16.9. The monoisotopic (exact) mass is 306 g/mol. The van der Waals surface area contributed by atoms with E-state index in [1.807, 2.05) is 14.0 Å². The van der Waals surface area contributed by atoms with Gasteiger partial charge in [-0.15, -0.1) is 0 Å². The van der Waals surface area contributed by atoms with E-state index in [0.717, 1.165) is 31.5 Å². The van der Waals surface area contributed by atoms with Crippen LogP contribution >= 0.6 is 0 Å². The molecule has 0 bridgehead atoms. The zero-order chi connectivity index (χ0) is 16.1. The molecule has 1 amide bonds. The van der Waals surface area contributed by atoms with E-state index < -0.39 is 0 Å². The van der Waals surface area contributed by atoms with Crippen LogP contribution in [0.3, 0.4) is 0 Å². The quantitative estimate of drug-likeness (QED) is 0.904. The number of amides is 1. The van der Waals surface area contributed by atoms with Gasteiger partial charge in [-0.05, 0) is 62.4 Å². The highest BCUT2D eigenvalue weighted by Crippen LogP contribution is 2.26. The largest absolute Gasteiger partial charge is 0.339 e. The maximum Gasteiger partial charge on any atom is 0.223 e. The Balaban J connectivity index is 1.91. The van der Waals surface area contributed by atoms with Gasteiger partial charge in [0.15, 0.2) is 0 Å². The van der Waals surface area contributed by atoms with Gasteiger partial charge in [-0.1, -0.05) is 19.1 Å². The fourth-order valence-electron chi connectivity index (χ4n) is 3.18. The van der Waals surface area contributed by atoms with Crippen LogP contribution in [0.5, 0.6) is 0 Å². The Hall–Kier alpha value is -1.42. The first-order valence-corrected chi connectivity index (χ1v) is 8.21. The molecule has 0 aromatic heterocycles. The van der Waals surface area contributed by atoms with Crippen LogP contribution in [0.15, 0.2) is 24.3 Å². The molecule has 1 aliphatic rings. The van der Waals surface area contributed by atoms with E-state index in [1.54, 1.807) is 17.0 Å². The second-order valence-electron chi connectivity index (χ2n) is 6.50. The van der Waals surface area contributed by atoms with E-state index in [4.69, 9.17) is 0 Å². The molecule has 1 heterocycles. The summed E-state index contributed by atoms with van der Waals surface area (Å²) in [5.74, 6) is 0.976. The van der Waals surface area contributed by atoms with Crippen molar-refractivity contribution in [3.05, 3.63) is 35.6 Å². The number of hydrogen-bond donors (Lipinski definition) is 1. The highest BCUT2D eigenvalue weighted by atomic mass is 19.1. The number of carbonyl (C=O) groups excluding carboxylic acids is 1. The lowest BCUT2D eigenvalue weighted by molar-refractivity contribution is -0.133. The molecule has 2 atom stereocenters. The highest BCUT2D eigenvalue weighted by molar-refractivity contribution is 5.76. The molecule has 122 valence electrons. The van der Waals surface area contributed by atoms with Gasteiger partial charge in [0.1, 0.15) is 5.82 Å². The summed E-state index contributed by atoms with van der Waals surface area (Å²) in [6, 6.07) is 6.36. The molecule has 0 aliphatic carbocycles. The smallest absolute Gasteiger partial charge is 0.223 e. The number of halogens is 1. The second kappa shape index (κ2) is 7.73. The minimum atomic E-state index is -0.246. The molecule has 1 fully saturated rings. The molecule has 1 saturated heterocycles. The summed E-state index contributed by atoms with van der Waals surface area (Å²) in [7, 11) is 1.84. The van der Waals surface area contributed by atoms with Crippen molar-refractivity contribution in [2.24, 2.45) is 11.8 Å². The lowest BCUT2D eigenvalue weighted by Crippen LogP contribution is -2.35. The van der Waals surface area contributed by atoms with Crippen LogP contribution in [0.4, 0.5) is 4.39 Å². The van der Waals surface area contributed by atoms with E-state index in [9.17, 15) is 9.18 Å². The summed E-state index contributed by atoms with van der Waals surface area (Å²) in [5.41, 5.74) is 0.965. The number of carbonyl (C=O) groups is 1. The number of rotatable bonds is 5. The summed E-state index contributed by atoms with van der Waals surface area (Å²) in [4.78, 5) is 14.3. The number of benzene rings is 1. The molecule has 4 heteroatoms. The average molecular weight is 306 g/mol. The Kier molecular flexibility index (Phi) is 5.95. The zero-order valence-corrected chi connectivity index (χ0v) is 13.8. The Morgan fingerprint density at radius 1 is 1.27 bits per heavy atom. The zero-order valence-electron chi connectivity index (χ0n) is 13.8. The third kappa shape index (κ3) is 4.29. The molecular formula is C18H27FN2O. The van der Waals surface area contributed by atoms with E-state index in [2.05, 4.69) is 12.2 Å². The van der Waals surface area contributed by atoms with Crippen LogP contribution in [-0.2, 0) is 4.79 Å². The minimum Gasteiger partial charge on any atom is -0.339 e. The van der Waals surface area contributed by atoms with Gasteiger partial charge in [0.2, 0.25) is 5.91 Å². The normalized spacial score (nSPS) is 18.7. The Morgan fingerprint density at radius 2 is 1.86 bits per heavy atom. The molecular weight excluding hydrogens is 279 g/mol. The van der Waals surface area contributed by atoms with Crippen LogP contribution in [0.2, 0.25) is 0 Å². The molecule has 0 saturated carbocycles. The van der Waals surface area contributed by atoms with E-state index in [-0.39, 0.29) is 17.8 Å². The third-order valence-corrected chi connectivity index (χ3v) is 5.01. The first-order valence-electron chi connectivity index (χ1n) is 8.21. The summed E-state index contributed by atoms with van der Waals surface area (Å²) >= 11 is 0. The fraction of sp³-hybridized carbons (Fsp3) is 0.611. The van der Waals surface area contributed by atoms with Crippen molar-refractivity contribution in [3.63, 3.8) is 0 Å². The first-order chi connectivity index (χ1) is 10.5. The Morgan fingerprint density at radius 3 is 2.45 bits per heavy atom. The lowest BCUT2D eigenvalue weighted by atomic mass is 9.84. The SMILES string of the molecule is CC(CC(=O)N(C)C(C)c1ccc(F)cc1)C1CCNCC1. The Bertz CT molecular complexity index is 482. The number of nitrogens with one attached hydrogen (secondary N) is 1. The van der Waals surface area contributed by atoms with Gasteiger partial charge in [0, 0.05) is 13.5 Å². The van der Waals surface area contributed by atoms with Crippen LogP contribution < -0.4 is 5.32 Å². The molecule has 0 spiro atoms. The summed E-state index contributed by atoms with van der Waals surface area (Å²) < 4.78 is 13.0. The number of nitrogens with zero attached hydrogens (tertiary/aromatic N) is 1. The maximum absolute atomic E-state index is 13.0. The predicted molar refractivity (Wildman–Crippen MR) is 87.0 cm³/mol. The molecule has 3 nitrogen and oxygen atoms in total. The van der Waals surface area contributed by atoms with E-state index in [1.165, 1.54) is 12.1 Å². The van der Waals surface area contributed by atoms with Crippen LogP contribution in [0.1, 0.15) is 44.7 Å². The van der Waals surface area contributed by atoms with E-state index >= 15 is 0 Å². The molecule has 1 aromatic rings. The molecule has 2 unspecified atom stereocenters. The number of piperidine rings is 1. The van der Waals surface area contributed by atoms with Crippen LogP contribution in [0.25, 0.3) is 0 Å². The van der Waals surface area contributed by atoms with Crippen molar-refractivity contribution in [3.8, 4) is 0 Å². The van der Waals surface area contributed by atoms with Gasteiger partial charge < -0.3 is 10.2 Å². The number of hydrogen-bond acceptors (Lipinski definition) is 2. The van der Waals surface area contributed by atoms with Gasteiger partial charge in [-0.25, -0.2) is 4.39 Å². The van der Waals surface area contributed by atoms with Crippen molar-refractivity contribution in [2.45, 2.75) is 39.2 Å². The molecule has 22 heavy (non-hydrogen) atoms. The summed E-state index contributed by atoms with van der Waals surface area (Å²) in [6.07, 6.45) is 2.91. The third-order valence-electron chi connectivity index (χ3n) is 5.01. The van der Waals surface area contributed by atoms with Gasteiger partial charge >= 0.3 is 0 Å². The molecule has 0 radical (unpaired) electrons. The van der Waals surface area contributed by atoms with Gasteiger partial charge in [-0.3, -0.25) is 4.79 Å². The minimum absolute atomic E-state index is 0.0340. The van der Waals surface area contributed by atoms with Gasteiger partial charge in [0.25, 0.3) is 0 Å².